The molecule has 0 saturated carbocycles. The van der Waals surface area contributed by atoms with E-state index in [1.54, 1.807) is 6.07 Å². The third-order valence-corrected chi connectivity index (χ3v) is 1.32. The summed E-state index contributed by atoms with van der Waals surface area (Å²) in [6, 6.07) is 1.77. The Morgan fingerprint density at radius 2 is 2.40 bits per heavy atom. The van der Waals surface area contributed by atoms with Gasteiger partial charge in [-0.25, -0.2) is 0 Å². The van der Waals surface area contributed by atoms with Gasteiger partial charge in [-0.1, -0.05) is 19.0 Å². The molecule has 0 radical (unpaired) electrons. The normalized spacial score (nSPS) is 10.8. The summed E-state index contributed by atoms with van der Waals surface area (Å²) in [6.45, 7) is 3.98. The molecule has 0 aliphatic heterocycles. The molecule has 1 heterocycles. The molecule has 0 amide bonds. The Morgan fingerprint density at radius 1 is 1.70 bits per heavy atom. The minimum absolute atomic E-state index is 0.0697. The highest BCUT2D eigenvalue weighted by atomic mass is 16.5. The summed E-state index contributed by atoms with van der Waals surface area (Å²) in [6.07, 6.45) is 0. The zero-order valence-corrected chi connectivity index (χ0v) is 6.16. The Labute approximate surface area is 59.7 Å². The maximum absolute atomic E-state index is 8.60. The van der Waals surface area contributed by atoms with Crippen molar-refractivity contribution in [3.8, 4) is 0 Å². The van der Waals surface area contributed by atoms with Crippen molar-refractivity contribution in [2.24, 2.45) is 0 Å². The zero-order valence-electron chi connectivity index (χ0n) is 6.16. The smallest absolute Gasteiger partial charge is 0.162 e. The Hall–Kier alpha value is -0.830. The predicted molar refractivity (Wildman–Crippen MR) is 36.5 cm³/mol. The van der Waals surface area contributed by atoms with Crippen LogP contribution in [0.4, 0.5) is 0 Å². The molecule has 0 unspecified atom stereocenters. The fourth-order valence-corrected chi connectivity index (χ4v) is 0.676. The van der Waals surface area contributed by atoms with Gasteiger partial charge < -0.3 is 9.63 Å². The van der Waals surface area contributed by atoms with Crippen LogP contribution in [0.15, 0.2) is 10.6 Å². The van der Waals surface area contributed by atoms with Crippen LogP contribution in [0, 0.1) is 0 Å². The van der Waals surface area contributed by atoms with Crippen LogP contribution in [0.2, 0.25) is 0 Å². The van der Waals surface area contributed by atoms with Crippen molar-refractivity contribution in [3.63, 3.8) is 0 Å². The first-order valence-corrected chi connectivity index (χ1v) is 3.30. The molecule has 0 aliphatic rings. The lowest BCUT2D eigenvalue weighted by atomic mass is 10.1. The Balaban J connectivity index is 2.78. The predicted octanol–water partition coefficient (Wildman–Crippen LogP) is 1.29. The molecule has 0 spiro atoms. The highest BCUT2D eigenvalue weighted by Gasteiger charge is 2.05. The van der Waals surface area contributed by atoms with Gasteiger partial charge in [-0.15, -0.1) is 0 Å². The second-order valence-corrected chi connectivity index (χ2v) is 2.53. The minimum Gasteiger partial charge on any atom is -0.388 e. The highest BCUT2D eigenvalue weighted by Crippen LogP contribution is 2.13. The molecule has 3 nitrogen and oxygen atoms in total. The van der Waals surface area contributed by atoms with Crippen LogP contribution in [-0.2, 0) is 6.61 Å². The molecule has 0 bridgehead atoms. The van der Waals surface area contributed by atoms with Crippen LogP contribution in [0.1, 0.15) is 31.2 Å². The lowest BCUT2D eigenvalue weighted by Gasteiger charge is -1.92. The molecule has 56 valence electrons. The molecule has 10 heavy (non-hydrogen) atoms. The van der Waals surface area contributed by atoms with Crippen molar-refractivity contribution in [1.29, 1.82) is 0 Å². The molecule has 0 saturated heterocycles. The van der Waals surface area contributed by atoms with Crippen molar-refractivity contribution in [2.75, 3.05) is 0 Å². The Bertz CT molecular complexity index is 205. The number of rotatable bonds is 2. The fraction of sp³-hybridized carbons (Fsp3) is 0.571. The largest absolute Gasteiger partial charge is 0.388 e. The number of aliphatic hydroxyl groups excluding tert-OH is 1. The number of nitrogens with zero attached hydrogens (tertiary/aromatic N) is 1. The third-order valence-electron chi connectivity index (χ3n) is 1.32. The summed E-state index contributed by atoms with van der Waals surface area (Å²) in [5.41, 5.74) is 0.893. The highest BCUT2D eigenvalue weighted by molar-refractivity contribution is 5.07. The molecule has 1 rings (SSSR count). The monoisotopic (exact) mass is 141 g/mol. The summed E-state index contributed by atoms with van der Waals surface area (Å²) in [5, 5.41) is 12.4. The molecule has 1 aromatic heterocycles. The van der Waals surface area contributed by atoms with Crippen LogP contribution in [-0.4, -0.2) is 10.3 Å². The molecule has 0 aliphatic carbocycles. The molecule has 0 atom stereocenters. The molecule has 3 heteroatoms. The first-order chi connectivity index (χ1) is 4.74. The number of aliphatic hydroxyl groups is 1. The van der Waals surface area contributed by atoms with E-state index in [0.29, 0.717) is 11.7 Å². The molecule has 1 aromatic rings. The van der Waals surface area contributed by atoms with Crippen molar-refractivity contribution in [3.05, 3.63) is 17.5 Å². The van der Waals surface area contributed by atoms with Gasteiger partial charge in [0.2, 0.25) is 0 Å². The maximum atomic E-state index is 8.60. The summed E-state index contributed by atoms with van der Waals surface area (Å²) < 4.78 is 4.78. The lowest BCUT2D eigenvalue weighted by molar-refractivity contribution is 0.228. The minimum atomic E-state index is -0.0697. The van der Waals surface area contributed by atoms with Crippen molar-refractivity contribution in [2.45, 2.75) is 26.4 Å². The van der Waals surface area contributed by atoms with Crippen LogP contribution < -0.4 is 0 Å². The molecule has 0 aromatic carbocycles. The first-order valence-electron chi connectivity index (χ1n) is 3.30. The second kappa shape index (κ2) is 2.84. The van der Waals surface area contributed by atoms with E-state index in [0.717, 1.165) is 5.69 Å². The van der Waals surface area contributed by atoms with Crippen LogP contribution in [0.5, 0.6) is 0 Å². The van der Waals surface area contributed by atoms with Crippen molar-refractivity contribution in [1.82, 2.24) is 5.16 Å². The summed E-state index contributed by atoms with van der Waals surface area (Å²) in [5.74, 6) is 0.896. The molecular formula is C7H11NO2. The SMILES string of the molecule is CC(C)c1cc(CO)on1. The van der Waals surface area contributed by atoms with Gasteiger partial charge in [-0.05, 0) is 5.92 Å². The van der Waals surface area contributed by atoms with Gasteiger partial charge >= 0.3 is 0 Å². The van der Waals surface area contributed by atoms with Gasteiger partial charge in [-0.2, -0.15) is 0 Å². The van der Waals surface area contributed by atoms with Crippen molar-refractivity contribution >= 4 is 0 Å². The van der Waals surface area contributed by atoms with E-state index in [1.807, 2.05) is 13.8 Å². The van der Waals surface area contributed by atoms with Gasteiger partial charge in [0.15, 0.2) is 5.76 Å². The van der Waals surface area contributed by atoms with E-state index in [2.05, 4.69) is 5.16 Å². The fourth-order valence-electron chi connectivity index (χ4n) is 0.676. The van der Waals surface area contributed by atoms with Crippen LogP contribution in [0.3, 0.4) is 0 Å². The van der Waals surface area contributed by atoms with E-state index in [1.165, 1.54) is 0 Å². The average molecular weight is 141 g/mol. The van der Waals surface area contributed by atoms with E-state index in [9.17, 15) is 0 Å². The van der Waals surface area contributed by atoms with Gasteiger partial charge in [0.1, 0.15) is 6.61 Å². The van der Waals surface area contributed by atoms with Gasteiger partial charge in [0, 0.05) is 6.07 Å². The van der Waals surface area contributed by atoms with Crippen LogP contribution >= 0.6 is 0 Å². The Kier molecular flexibility index (Phi) is 2.06. The third kappa shape index (κ3) is 1.36. The van der Waals surface area contributed by atoms with E-state index in [-0.39, 0.29) is 6.61 Å². The van der Waals surface area contributed by atoms with Crippen LogP contribution in [0.25, 0.3) is 0 Å². The first kappa shape index (κ1) is 7.28. The van der Waals surface area contributed by atoms with Gasteiger partial charge in [0.25, 0.3) is 0 Å². The molecule has 1 N–H and O–H groups in total. The molecular weight excluding hydrogens is 130 g/mol. The Morgan fingerprint density at radius 3 is 2.70 bits per heavy atom. The summed E-state index contributed by atoms with van der Waals surface area (Å²) >= 11 is 0. The second-order valence-electron chi connectivity index (χ2n) is 2.53. The zero-order chi connectivity index (χ0) is 7.56. The van der Waals surface area contributed by atoms with E-state index >= 15 is 0 Å². The standard InChI is InChI=1S/C7H11NO2/c1-5(2)7-3-6(4-9)10-8-7/h3,5,9H,4H2,1-2H3. The van der Waals surface area contributed by atoms with E-state index < -0.39 is 0 Å². The van der Waals surface area contributed by atoms with Gasteiger partial charge in [-0.3, -0.25) is 0 Å². The number of aromatic nitrogens is 1. The van der Waals surface area contributed by atoms with Gasteiger partial charge in [0.05, 0.1) is 5.69 Å². The number of hydrogen-bond acceptors (Lipinski definition) is 3. The molecule has 0 fully saturated rings. The summed E-state index contributed by atoms with van der Waals surface area (Å²) in [7, 11) is 0. The quantitative estimate of drug-likeness (QED) is 0.675. The van der Waals surface area contributed by atoms with E-state index in [4.69, 9.17) is 9.63 Å². The number of hydrogen-bond donors (Lipinski definition) is 1. The topological polar surface area (TPSA) is 46.3 Å². The maximum Gasteiger partial charge on any atom is 0.162 e. The summed E-state index contributed by atoms with van der Waals surface area (Å²) in [4.78, 5) is 0. The lowest BCUT2D eigenvalue weighted by Crippen LogP contribution is -1.84. The average Bonchev–Trinajstić information content (AvgIpc) is 2.34. The van der Waals surface area contributed by atoms with Crippen molar-refractivity contribution < 1.29 is 9.63 Å².